The number of nitrogens with two attached hydrogens (primary N) is 1. The van der Waals surface area contributed by atoms with Crippen LogP contribution in [-0.2, 0) is 4.57 Å². The maximum atomic E-state index is 11.5. The Morgan fingerprint density at radius 2 is 2.45 bits per heavy atom. The number of nitrogens with zero attached hydrogens (tertiary/aromatic N) is 5. The molecule has 0 spiro atoms. The van der Waals surface area contributed by atoms with Crippen LogP contribution < -0.4 is 10.8 Å². The van der Waals surface area contributed by atoms with E-state index < -0.39 is 7.52 Å². The first-order chi connectivity index (χ1) is 9.44. The summed E-state index contributed by atoms with van der Waals surface area (Å²) < 4.78 is 13.3. The first kappa shape index (κ1) is 13.2. The van der Waals surface area contributed by atoms with Crippen LogP contribution in [0, 0.1) is 5.92 Å². The highest BCUT2D eigenvalue weighted by Gasteiger charge is 2.32. The molecule has 0 amide bonds. The minimum absolute atomic E-state index is 0.00485. The van der Waals surface area contributed by atoms with Gasteiger partial charge in [-0.25, -0.2) is 4.98 Å². The largest absolute Gasteiger partial charge is 0.355 e. The molecule has 3 heterocycles. The van der Waals surface area contributed by atoms with Crippen LogP contribution in [0.2, 0.25) is 0 Å². The summed E-state index contributed by atoms with van der Waals surface area (Å²) in [5.74, 6) is 1.14. The molecule has 2 aromatic rings. The van der Waals surface area contributed by atoms with Crippen LogP contribution in [0.3, 0.4) is 0 Å². The van der Waals surface area contributed by atoms with Gasteiger partial charge in [-0.15, -0.1) is 10.2 Å². The van der Waals surface area contributed by atoms with Crippen molar-refractivity contribution in [2.75, 3.05) is 18.0 Å². The predicted octanol–water partition coefficient (Wildman–Crippen LogP) is -0.190. The molecule has 0 aliphatic carbocycles. The monoisotopic (exact) mass is 298 g/mol. The van der Waals surface area contributed by atoms with Crippen LogP contribution in [-0.4, -0.2) is 47.8 Å². The summed E-state index contributed by atoms with van der Waals surface area (Å²) in [4.78, 5) is 13.8. The van der Waals surface area contributed by atoms with E-state index in [-0.39, 0.29) is 18.1 Å². The van der Waals surface area contributed by atoms with Crippen LogP contribution in [0.25, 0.3) is 11.5 Å². The second-order valence-corrected chi connectivity index (χ2v) is 6.83. The van der Waals surface area contributed by atoms with Crippen molar-refractivity contribution < 1.29 is 9.46 Å². The number of anilines is 1. The Hall–Kier alpha value is -1.77. The SMILES string of the molecule is CC1CNc2nc(-c3nn[nH]n3)cn2C1CP(N)(=O)O. The molecule has 0 saturated carbocycles. The summed E-state index contributed by atoms with van der Waals surface area (Å²) in [6.07, 6.45) is 1.74. The number of fused-ring (bicyclic) bond motifs is 1. The van der Waals surface area contributed by atoms with Crippen molar-refractivity contribution in [1.29, 1.82) is 0 Å². The van der Waals surface area contributed by atoms with Crippen molar-refractivity contribution in [3.63, 3.8) is 0 Å². The third-order valence-corrected chi connectivity index (χ3v) is 4.25. The fourth-order valence-corrected chi connectivity index (χ4v) is 3.43. The number of aromatic amines is 1. The van der Waals surface area contributed by atoms with E-state index in [2.05, 4.69) is 30.9 Å². The number of aromatic nitrogens is 6. The van der Waals surface area contributed by atoms with E-state index in [9.17, 15) is 9.46 Å². The quantitative estimate of drug-likeness (QED) is 0.570. The van der Waals surface area contributed by atoms with Crippen molar-refractivity contribution in [1.82, 2.24) is 30.2 Å². The Bertz CT molecular complexity index is 647. The second kappa shape index (κ2) is 4.65. The summed E-state index contributed by atoms with van der Waals surface area (Å²) in [6, 6.07) is -0.194. The minimum atomic E-state index is -3.60. The van der Waals surface area contributed by atoms with Crippen LogP contribution in [0.5, 0.6) is 0 Å². The van der Waals surface area contributed by atoms with Gasteiger partial charge in [0.1, 0.15) is 5.69 Å². The summed E-state index contributed by atoms with van der Waals surface area (Å²) in [5, 5.41) is 16.8. The van der Waals surface area contributed by atoms with Crippen LogP contribution in [0.4, 0.5) is 5.95 Å². The highest BCUT2D eigenvalue weighted by atomic mass is 31.2. The zero-order valence-corrected chi connectivity index (χ0v) is 11.7. The molecule has 108 valence electrons. The standard InChI is InChI=1S/C9H15N8O2P/c1-5-2-11-9-12-6(8-13-15-16-14-8)3-17(9)7(5)4-20(10,18)19/h3,5,7H,2,4H2,1H3,(H,11,12)(H3,10,18,19)(H,13,14,15,16). The number of tetrazole rings is 1. The molecule has 2 aromatic heterocycles. The van der Waals surface area contributed by atoms with Crippen molar-refractivity contribution in [3.8, 4) is 11.5 Å². The van der Waals surface area contributed by atoms with Crippen molar-refractivity contribution in [3.05, 3.63) is 6.20 Å². The van der Waals surface area contributed by atoms with Gasteiger partial charge in [0, 0.05) is 12.7 Å². The fraction of sp³-hybridized carbons (Fsp3) is 0.556. The van der Waals surface area contributed by atoms with Gasteiger partial charge in [-0.05, 0) is 11.1 Å². The van der Waals surface area contributed by atoms with Crippen molar-refractivity contribution in [2.24, 2.45) is 11.4 Å². The van der Waals surface area contributed by atoms with E-state index in [1.165, 1.54) is 0 Å². The molecule has 1 aliphatic heterocycles. The maximum Gasteiger partial charge on any atom is 0.266 e. The number of imidazole rings is 1. The number of nitrogens with one attached hydrogen (secondary N) is 2. The Kier molecular flexibility index (Phi) is 3.08. The highest BCUT2D eigenvalue weighted by molar-refractivity contribution is 7.55. The first-order valence-corrected chi connectivity index (χ1v) is 8.02. The molecular weight excluding hydrogens is 283 g/mol. The molecule has 10 nitrogen and oxygen atoms in total. The number of rotatable bonds is 3. The maximum absolute atomic E-state index is 11.5. The Labute approximate surface area is 114 Å². The highest BCUT2D eigenvalue weighted by Crippen LogP contribution is 2.40. The van der Waals surface area contributed by atoms with Gasteiger partial charge >= 0.3 is 0 Å². The minimum Gasteiger partial charge on any atom is -0.355 e. The molecule has 5 N–H and O–H groups in total. The van der Waals surface area contributed by atoms with Gasteiger partial charge < -0.3 is 14.8 Å². The molecule has 3 unspecified atom stereocenters. The lowest BCUT2D eigenvalue weighted by Crippen LogP contribution is -2.33. The molecule has 0 bridgehead atoms. The summed E-state index contributed by atoms with van der Waals surface area (Å²) in [7, 11) is -3.60. The number of H-pyrrole nitrogens is 1. The average molecular weight is 298 g/mol. The fourth-order valence-electron chi connectivity index (χ4n) is 2.35. The lowest BCUT2D eigenvalue weighted by molar-refractivity contribution is 0.363. The second-order valence-electron chi connectivity index (χ2n) is 4.96. The lowest BCUT2D eigenvalue weighted by atomic mass is 10.0. The third-order valence-electron chi connectivity index (χ3n) is 3.35. The van der Waals surface area contributed by atoms with E-state index in [1.807, 2.05) is 11.5 Å². The van der Waals surface area contributed by atoms with Gasteiger partial charge in [-0.2, -0.15) is 5.21 Å². The first-order valence-electron chi connectivity index (χ1n) is 6.11. The van der Waals surface area contributed by atoms with Gasteiger partial charge in [0.15, 0.2) is 0 Å². The molecule has 3 rings (SSSR count). The van der Waals surface area contributed by atoms with Crippen LogP contribution in [0.1, 0.15) is 13.0 Å². The zero-order chi connectivity index (χ0) is 14.3. The van der Waals surface area contributed by atoms with Gasteiger partial charge in [-0.3, -0.25) is 10.1 Å². The Morgan fingerprint density at radius 1 is 1.65 bits per heavy atom. The van der Waals surface area contributed by atoms with Crippen LogP contribution in [0.15, 0.2) is 6.20 Å². The van der Waals surface area contributed by atoms with E-state index in [4.69, 9.17) is 5.50 Å². The van der Waals surface area contributed by atoms with E-state index in [0.29, 0.717) is 24.0 Å². The molecule has 20 heavy (non-hydrogen) atoms. The zero-order valence-electron chi connectivity index (χ0n) is 10.8. The van der Waals surface area contributed by atoms with Gasteiger partial charge in [-0.1, -0.05) is 6.92 Å². The van der Waals surface area contributed by atoms with E-state index >= 15 is 0 Å². The molecular formula is C9H15N8O2P. The predicted molar refractivity (Wildman–Crippen MR) is 71.0 cm³/mol. The summed E-state index contributed by atoms with van der Waals surface area (Å²) in [5.41, 5.74) is 5.85. The van der Waals surface area contributed by atoms with Gasteiger partial charge in [0.25, 0.3) is 7.52 Å². The van der Waals surface area contributed by atoms with Gasteiger partial charge in [0.05, 0.1) is 12.2 Å². The number of hydrogen-bond donors (Lipinski definition) is 4. The summed E-state index contributed by atoms with van der Waals surface area (Å²) in [6.45, 7) is 2.65. The molecule has 11 heteroatoms. The number of hydrogen-bond acceptors (Lipinski definition) is 6. The molecule has 1 aliphatic rings. The van der Waals surface area contributed by atoms with Crippen molar-refractivity contribution >= 4 is 13.5 Å². The molecule has 0 fully saturated rings. The smallest absolute Gasteiger partial charge is 0.266 e. The average Bonchev–Trinajstić information content (AvgIpc) is 2.99. The van der Waals surface area contributed by atoms with E-state index in [1.54, 1.807) is 6.20 Å². The topological polar surface area (TPSA) is 148 Å². The Balaban J connectivity index is 1.98. The third kappa shape index (κ3) is 2.45. The summed E-state index contributed by atoms with van der Waals surface area (Å²) >= 11 is 0. The van der Waals surface area contributed by atoms with E-state index in [0.717, 1.165) is 0 Å². The molecule has 0 radical (unpaired) electrons. The van der Waals surface area contributed by atoms with Crippen LogP contribution >= 0.6 is 7.52 Å². The van der Waals surface area contributed by atoms with Crippen molar-refractivity contribution in [2.45, 2.75) is 13.0 Å². The Morgan fingerprint density at radius 3 is 3.10 bits per heavy atom. The molecule has 0 aromatic carbocycles. The molecule has 0 saturated heterocycles. The lowest BCUT2D eigenvalue weighted by Gasteiger charge is -2.32. The molecule has 3 atom stereocenters. The normalized spacial score (nSPS) is 24.8. The van der Waals surface area contributed by atoms with Gasteiger partial charge in [0.2, 0.25) is 11.8 Å².